The molecule has 39 heavy (non-hydrogen) atoms. The number of aromatic nitrogens is 1. The fourth-order valence-electron chi connectivity index (χ4n) is 4.83. The topological polar surface area (TPSA) is 41.2 Å². The van der Waals surface area contributed by atoms with Crippen LogP contribution in [0.2, 0.25) is 0 Å². The molecule has 1 aromatic rings. The summed E-state index contributed by atoms with van der Waals surface area (Å²) < 4.78 is 2.28. The maximum Gasteiger partial charge on any atom is 0.327 e. The highest BCUT2D eigenvalue weighted by atomic mass is 35.5. The SMILES string of the molecule is CCCCCCCCCCCCCCCC=CC(=O)O.CCCCCCCCCCCC[n+]1ccccc1.[Cl-]. The largest absolute Gasteiger partial charge is 1.00 e. The predicted octanol–water partition coefficient (Wildman–Crippen LogP) is 8.01. The number of aliphatic carboxylic acids is 1. The molecule has 0 saturated carbocycles. The normalized spacial score (nSPS) is 10.7. The van der Waals surface area contributed by atoms with E-state index >= 15 is 0 Å². The van der Waals surface area contributed by atoms with E-state index in [2.05, 4.69) is 49.0 Å². The molecule has 1 heterocycles. The molecule has 1 aromatic heterocycles. The van der Waals surface area contributed by atoms with Gasteiger partial charge in [-0.1, -0.05) is 154 Å². The molecule has 0 amide bonds. The highest BCUT2D eigenvalue weighted by Crippen LogP contribution is 2.13. The van der Waals surface area contributed by atoms with Gasteiger partial charge in [0.1, 0.15) is 6.54 Å². The zero-order chi connectivity index (χ0) is 27.8. The van der Waals surface area contributed by atoms with Crippen molar-refractivity contribution in [3.63, 3.8) is 0 Å². The second-order valence-corrected chi connectivity index (χ2v) is 11.1. The third kappa shape index (κ3) is 34.6. The van der Waals surface area contributed by atoms with Crippen LogP contribution >= 0.6 is 0 Å². The number of unbranched alkanes of at least 4 members (excludes halogenated alkanes) is 22. The number of nitrogens with zero attached hydrogens (tertiary/aromatic N) is 1. The first-order chi connectivity index (χ1) is 18.7. The number of hydrogen-bond acceptors (Lipinski definition) is 1. The lowest BCUT2D eigenvalue weighted by Gasteiger charge is -2.02. The molecule has 0 radical (unpaired) electrons. The van der Waals surface area contributed by atoms with Gasteiger partial charge in [-0.3, -0.25) is 0 Å². The van der Waals surface area contributed by atoms with E-state index in [1.54, 1.807) is 6.08 Å². The molecule has 228 valence electrons. The minimum atomic E-state index is -0.834. The van der Waals surface area contributed by atoms with Gasteiger partial charge in [0.05, 0.1) is 0 Å². The van der Waals surface area contributed by atoms with E-state index in [1.165, 1.54) is 154 Å². The summed E-state index contributed by atoms with van der Waals surface area (Å²) in [6.45, 7) is 5.73. The fourth-order valence-corrected chi connectivity index (χ4v) is 4.83. The lowest BCUT2D eigenvalue weighted by Crippen LogP contribution is -3.00. The van der Waals surface area contributed by atoms with Crippen LogP contribution in [0.15, 0.2) is 42.7 Å². The first kappa shape index (κ1) is 39.8. The molecule has 1 N–H and O–H groups in total. The number of halogens is 1. The second kappa shape index (κ2) is 34.7. The van der Waals surface area contributed by atoms with Gasteiger partial charge >= 0.3 is 5.97 Å². The van der Waals surface area contributed by atoms with Gasteiger partial charge in [-0.25, -0.2) is 9.36 Å². The van der Waals surface area contributed by atoms with Gasteiger partial charge in [0.15, 0.2) is 12.4 Å². The number of carbonyl (C=O) groups is 1. The Balaban J connectivity index is 0. The van der Waals surface area contributed by atoms with Crippen LogP contribution in [-0.2, 0) is 11.3 Å². The quantitative estimate of drug-likeness (QED) is 0.0702. The number of hydrogen-bond donors (Lipinski definition) is 1. The van der Waals surface area contributed by atoms with E-state index in [0.29, 0.717) is 0 Å². The molecule has 0 unspecified atom stereocenters. The zero-order valence-electron chi connectivity index (χ0n) is 25.9. The van der Waals surface area contributed by atoms with Crippen LogP contribution < -0.4 is 17.0 Å². The van der Waals surface area contributed by atoms with Crippen LogP contribution in [0.5, 0.6) is 0 Å². The second-order valence-electron chi connectivity index (χ2n) is 11.1. The molecular formula is C35H64ClNO2. The third-order valence-corrected chi connectivity index (χ3v) is 7.28. The molecule has 0 spiro atoms. The Kier molecular flexibility index (Phi) is 35.4. The van der Waals surface area contributed by atoms with Crippen LogP contribution in [-0.4, -0.2) is 11.1 Å². The highest BCUT2D eigenvalue weighted by molar-refractivity contribution is 5.79. The number of aryl methyl sites for hydroxylation is 1. The summed E-state index contributed by atoms with van der Waals surface area (Å²) in [6.07, 6.45) is 40.0. The molecule has 3 nitrogen and oxygen atoms in total. The first-order valence-corrected chi connectivity index (χ1v) is 16.5. The van der Waals surface area contributed by atoms with E-state index in [-0.39, 0.29) is 12.4 Å². The van der Waals surface area contributed by atoms with Crippen molar-refractivity contribution in [3.05, 3.63) is 42.7 Å². The maximum absolute atomic E-state index is 10.2. The zero-order valence-corrected chi connectivity index (χ0v) is 26.7. The van der Waals surface area contributed by atoms with Gasteiger partial charge in [0.2, 0.25) is 0 Å². The van der Waals surface area contributed by atoms with Crippen molar-refractivity contribution in [2.45, 2.75) is 174 Å². The van der Waals surface area contributed by atoms with Crippen molar-refractivity contribution < 1.29 is 26.9 Å². The Labute approximate surface area is 249 Å². The first-order valence-electron chi connectivity index (χ1n) is 16.5. The molecule has 0 saturated heterocycles. The van der Waals surface area contributed by atoms with Crippen LogP contribution in [0.3, 0.4) is 0 Å². The number of pyridine rings is 1. The van der Waals surface area contributed by atoms with Gasteiger partial charge in [0, 0.05) is 24.6 Å². The summed E-state index contributed by atoms with van der Waals surface area (Å²) in [6, 6.07) is 6.29. The molecule has 4 heteroatoms. The van der Waals surface area contributed by atoms with Gasteiger partial charge in [-0.05, 0) is 19.3 Å². The summed E-state index contributed by atoms with van der Waals surface area (Å²) in [5.41, 5.74) is 0. The monoisotopic (exact) mass is 565 g/mol. The Morgan fingerprint density at radius 2 is 0.923 bits per heavy atom. The van der Waals surface area contributed by atoms with Crippen molar-refractivity contribution >= 4 is 5.97 Å². The molecule has 0 aliphatic carbocycles. The lowest BCUT2D eigenvalue weighted by molar-refractivity contribution is -0.697. The average Bonchev–Trinajstić information content (AvgIpc) is 2.93. The van der Waals surface area contributed by atoms with Crippen molar-refractivity contribution in [1.82, 2.24) is 0 Å². The maximum atomic E-state index is 10.2. The average molecular weight is 566 g/mol. The number of carboxylic acids is 1. The van der Waals surface area contributed by atoms with Gasteiger partial charge in [-0.2, -0.15) is 0 Å². The standard InChI is InChI=1S/C18H34O2.C17H30N.ClH/c1-2-3-4-5-6-7-8-9-10-11-12-13-14-15-16-17-18(19)20;1-2-3-4-5-6-7-8-9-10-12-15-18-16-13-11-14-17-18;/h16-17H,2-15H2,1H3,(H,19,20);11,13-14,16-17H,2-10,12,15H2,1H3;1H/q;+1;/p-1. The van der Waals surface area contributed by atoms with Crippen molar-refractivity contribution in [2.75, 3.05) is 0 Å². The summed E-state index contributed by atoms with van der Waals surface area (Å²) in [5, 5.41) is 8.43. The number of allylic oxidation sites excluding steroid dienone is 1. The van der Waals surface area contributed by atoms with Crippen molar-refractivity contribution in [2.24, 2.45) is 0 Å². The van der Waals surface area contributed by atoms with Crippen molar-refractivity contribution in [3.8, 4) is 0 Å². The van der Waals surface area contributed by atoms with Crippen molar-refractivity contribution in [1.29, 1.82) is 0 Å². The minimum absolute atomic E-state index is 0. The van der Waals surface area contributed by atoms with E-state index in [0.717, 1.165) is 12.8 Å². The molecule has 0 aliphatic heterocycles. The summed E-state index contributed by atoms with van der Waals surface area (Å²) in [5.74, 6) is -0.834. The molecule has 1 rings (SSSR count). The Morgan fingerprint density at radius 3 is 1.31 bits per heavy atom. The van der Waals surface area contributed by atoms with Gasteiger partial charge in [-0.15, -0.1) is 0 Å². The van der Waals surface area contributed by atoms with E-state index in [9.17, 15) is 4.79 Å². The minimum Gasteiger partial charge on any atom is -1.00 e. The molecule has 0 aliphatic rings. The van der Waals surface area contributed by atoms with Crippen LogP contribution in [0.1, 0.15) is 168 Å². The number of rotatable bonds is 26. The fraction of sp³-hybridized carbons (Fsp3) is 0.771. The lowest BCUT2D eigenvalue weighted by atomic mass is 10.0. The van der Waals surface area contributed by atoms with Crippen LogP contribution in [0, 0.1) is 0 Å². The summed E-state index contributed by atoms with van der Waals surface area (Å²) in [7, 11) is 0. The number of carboxylic acid groups (broad SMARTS) is 1. The van der Waals surface area contributed by atoms with Gasteiger partial charge in [0.25, 0.3) is 0 Å². The van der Waals surface area contributed by atoms with Gasteiger partial charge < -0.3 is 17.5 Å². The smallest absolute Gasteiger partial charge is 0.327 e. The van der Waals surface area contributed by atoms with E-state index in [1.807, 2.05) is 0 Å². The van der Waals surface area contributed by atoms with Crippen LogP contribution in [0.4, 0.5) is 0 Å². The Hall–Kier alpha value is -1.35. The van der Waals surface area contributed by atoms with Crippen LogP contribution in [0.25, 0.3) is 0 Å². The third-order valence-electron chi connectivity index (χ3n) is 7.28. The molecule has 0 aromatic carbocycles. The highest BCUT2D eigenvalue weighted by Gasteiger charge is 1.98. The molecular weight excluding hydrogens is 502 g/mol. The Bertz CT molecular complexity index is 620. The predicted molar refractivity (Wildman–Crippen MR) is 166 cm³/mol. The van der Waals surface area contributed by atoms with E-state index < -0.39 is 5.97 Å². The molecule has 0 bridgehead atoms. The summed E-state index contributed by atoms with van der Waals surface area (Å²) >= 11 is 0. The molecule has 0 fully saturated rings. The molecule has 0 atom stereocenters. The van der Waals surface area contributed by atoms with E-state index in [4.69, 9.17) is 5.11 Å². The Morgan fingerprint density at radius 1 is 0.564 bits per heavy atom. The summed E-state index contributed by atoms with van der Waals surface area (Å²) in [4.78, 5) is 10.2.